The Morgan fingerprint density at radius 3 is 2.50 bits per heavy atom. The number of hydrogen-bond donors (Lipinski definition) is 1. The minimum absolute atomic E-state index is 0.121. The van der Waals surface area contributed by atoms with Gasteiger partial charge < -0.3 is 19.5 Å². The molecule has 0 amide bonds. The summed E-state index contributed by atoms with van der Waals surface area (Å²) >= 11 is 6.04. The van der Waals surface area contributed by atoms with Crippen molar-refractivity contribution in [3.8, 4) is 11.5 Å². The molecule has 0 bridgehead atoms. The summed E-state index contributed by atoms with van der Waals surface area (Å²) in [7, 11) is 1.57. The average molecular weight is 556 g/mol. The van der Waals surface area contributed by atoms with E-state index in [9.17, 15) is 9.59 Å². The van der Waals surface area contributed by atoms with E-state index in [1.165, 1.54) is 0 Å². The van der Waals surface area contributed by atoms with Gasteiger partial charge in [-0.3, -0.25) is 4.79 Å². The predicted octanol–water partition coefficient (Wildman–Crippen LogP) is 6.79. The van der Waals surface area contributed by atoms with Crippen LogP contribution in [0.15, 0.2) is 90.2 Å². The van der Waals surface area contributed by atoms with Gasteiger partial charge in [0.25, 0.3) is 0 Å². The van der Waals surface area contributed by atoms with Crippen LogP contribution in [0.25, 0.3) is 5.70 Å². The molecular formula is C33H30ClNO5. The maximum Gasteiger partial charge on any atom is 0.336 e. The number of halogens is 1. The lowest BCUT2D eigenvalue weighted by Gasteiger charge is -2.30. The van der Waals surface area contributed by atoms with Crippen molar-refractivity contribution >= 4 is 29.1 Å². The first-order valence-corrected chi connectivity index (χ1v) is 13.5. The quantitative estimate of drug-likeness (QED) is 0.231. The van der Waals surface area contributed by atoms with Crippen LogP contribution < -0.4 is 14.8 Å². The number of benzene rings is 3. The molecule has 5 rings (SSSR count). The van der Waals surface area contributed by atoms with Crippen molar-refractivity contribution in [2.45, 2.75) is 32.8 Å². The molecule has 3 aromatic rings. The molecule has 1 aliphatic carbocycles. The van der Waals surface area contributed by atoms with Gasteiger partial charge in [-0.05, 0) is 49.6 Å². The van der Waals surface area contributed by atoms with Gasteiger partial charge in [0.2, 0.25) is 0 Å². The molecule has 1 aliphatic heterocycles. The number of Topliss-reactive ketones (excluding diaryl/α,β-unsaturated/α-hetero) is 1. The Morgan fingerprint density at radius 2 is 1.82 bits per heavy atom. The Bertz CT molecular complexity index is 1570. The highest BCUT2D eigenvalue weighted by molar-refractivity contribution is 6.30. The van der Waals surface area contributed by atoms with E-state index >= 15 is 0 Å². The number of esters is 1. The number of methoxy groups -OCH3 is 1. The maximum absolute atomic E-state index is 13.8. The lowest BCUT2D eigenvalue weighted by molar-refractivity contribution is -0.138. The summed E-state index contributed by atoms with van der Waals surface area (Å²) in [5.41, 5.74) is 6.17. The van der Waals surface area contributed by atoms with Crippen LogP contribution in [0.4, 0.5) is 0 Å². The topological polar surface area (TPSA) is 73.9 Å². The van der Waals surface area contributed by atoms with Gasteiger partial charge in [0.1, 0.15) is 6.61 Å². The number of ketones is 1. The average Bonchev–Trinajstić information content (AvgIpc) is 3.23. The smallest absolute Gasteiger partial charge is 0.336 e. The first-order chi connectivity index (χ1) is 19.4. The van der Waals surface area contributed by atoms with E-state index in [4.69, 9.17) is 25.8 Å². The fourth-order valence-electron chi connectivity index (χ4n) is 5.35. The first-order valence-electron chi connectivity index (χ1n) is 13.1. The number of allylic oxidation sites excluding steroid dienone is 3. The van der Waals surface area contributed by atoms with Crippen molar-refractivity contribution in [1.29, 1.82) is 0 Å². The minimum atomic E-state index is -0.669. The normalized spacial score (nSPS) is 15.8. The van der Waals surface area contributed by atoms with E-state index in [2.05, 4.69) is 11.9 Å². The van der Waals surface area contributed by atoms with Gasteiger partial charge in [0.05, 0.1) is 25.0 Å². The molecule has 204 valence electrons. The summed E-state index contributed by atoms with van der Waals surface area (Å²) in [6.45, 7) is 8.04. The lowest BCUT2D eigenvalue weighted by Crippen LogP contribution is -2.29. The highest BCUT2D eigenvalue weighted by Gasteiger charge is 2.43. The first kappa shape index (κ1) is 27.3. The minimum Gasteiger partial charge on any atom is -0.493 e. The van der Waals surface area contributed by atoms with Crippen LogP contribution in [0, 0.1) is 0 Å². The van der Waals surface area contributed by atoms with Crippen LogP contribution in [-0.2, 0) is 22.6 Å². The molecule has 0 saturated heterocycles. The molecule has 2 aliphatic rings. The van der Waals surface area contributed by atoms with Crippen molar-refractivity contribution in [3.63, 3.8) is 0 Å². The van der Waals surface area contributed by atoms with E-state index in [0.29, 0.717) is 57.7 Å². The number of fused-ring (bicyclic) bond motifs is 2. The Hall–Kier alpha value is -4.29. The maximum atomic E-state index is 13.8. The highest BCUT2D eigenvalue weighted by Crippen LogP contribution is 2.48. The lowest BCUT2D eigenvalue weighted by atomic mass is 9.79. The molecule has 0 radical (unpaired) electrons. The Labute approximate surface area is 238 Å². The predicted molar refractivity (Wildman–Crippen MR) is 156 cm³/mol. The number of dihydropyridines is 1. The summed E-state index contributed by atoms with van der Waals surface area (Å²) in [5.74, 6) is -0.195. The number of ether oxygens (including phenoxy) is 3. The number of hydrogen-bond acceptors (Lipinski definition) is 6. The van der Waals surface area contributed by atoms with Crippen LogP contribution in [0.3, 0.4) is 0 Å². The summed E-state index contributed by atoms with van der Waals surface area (Å²) < 4.78 is 17.5. The fraction of sp³-hybridized carbons (Fsp3) is 0.212. The molecule has 0 fully saturated rings. The molecule has 1 atom stereocenters. The number of carbonyl (C=O) groups is 2. The Balaban J connectivity index is 1.64. The van der Waals surface area contributed by atoms with Crippen LogP contribution in [0.5, 0.6) is 11.5 Å². The summed E-state index contributed by atoms with van der Waals surface area (Å²) in [6.07, 6.45) is 2.27. The van der Waals surface area contributed by atoms with Gasteiger partial charge >= 0.3 is 5.97 Å². The third kappa shape index (κ3) is 4.91. The second-order valence-corrected chi connectivity index (χ2v) is 10.0. The third-order valence-corrected chi connectivity index (χ3v) is 7.36. The molecule has 7 heteroatoms. The van der Waals surface area contributed by atoms with Crippen molar-refractivity contribution in [2.24, 2.45) is 0 Å². The van der Waals surface area contributed by atoms with Crippen LogP contribution in [-0.4, -0.2) is 25.5 Å². The van der Waals surface area contributed by atoms with E-state index in [0.717, 1.165) is 22.3 Å². The Morgan fingerprint density at radius 1 is 1.10 bits per heavy atom. The molecule has 3 aromatic carbocycles. The molecule has 1 N–H and O–H groups in total. The molecular weight excluding hydrogens is 526 g/mol. The van der Waals surface area contributed by atoms with Crippen molar-refractivity contribution in [1.82, 2.24) is 5.32 Å². The van der Waals surface area contributed by atoms with Gasteiger partial charge in [0.15, 0.2) is 17.3 Å². The zero-order valence-corrected chi connectivity index (χ0v) is 23.4. The van der Waals surface area contributed by atoms with Gasteiger partial charge in [-0.2, -0.15) is 0 Å². The second kappa shape index (κ2) is 11.4. The molecule has 1 heterocycles. The van der Waals surface area contributed by atoms with Crippen molar-refractivity contribution in [3.05, 3.63) is 123 Å². The fourth-order valence-corrected chi connectivity index (χ4v) is 5.48. The zero-order chi connectivity index (χ0) is 28.4. The molecule has 6 nitrogen and oxygen atoms in total. The molecule has 40 heavy (non-hydrogen) atoms. The van der Waals surface area contributed by atoms with Gasteiger partial charge in [-0.15, -0.1) is 6.58 Å². The van der Waals surface area contributed by atoms with E-state index in [1.807, 2.05) is 67.6 Å². The van der Waals surface area contributed by atoms with Gasteiger partial charge in [-0.25, -0.2) is 4.79 Å². The number of carbonyl (C=O) groups excluding carboxylic acids is 2. The highest BCUT2D eigenvalue weighted by atomic mass is 35.5. The third-order valence-electron chi connectivity index (χ3n) is 7.11. The molecule has 0 saturated carbocycles. The molecule has 0 aromatic heterocycles. The largest absolute Gasteiger partial charge is 0.493 e. The van der Waals surface area contributed by atoms with Crippen molar-refractivity contribution < 1.29 is 23.8 Å². The van der Waals surface area contributed by atoms with E-state index < -0.39 is 11.9 Å². The zero-order valence-electron chi connectivity index (χ0n) is 22.7. The van der Waals surface area contributed by atoms with Gasteiger partial charge in [-0.1, -0.05) is 60.1 Å². The Kier molecular flexibility index (Phi) is 7.81. The second-order valence-electron chi connectivity index (χ2n) is 9.60. The van der Waals surface area contributed by atoms with Crippen LogP contribution in [0.2, 0.25) is 5.02 Å². The number of nitrogens with one attached hydrogen (secondary N) is 1. The van der Waals surface area contributed by atoms with Gasteiger partial charge in [0, 0.05) is 38.9 Å². The summed E-state index contributed by atoms with van der Waals surface area (Å²) in [4.78, 5) is 27.1. The SMILES string of the molecule is C=CCc1cc([C@@H]2C(C(=O)OCC)=C(C)NC3=C2C(=O)c2ccccc23)cc(OC)c1OCc1ccc(Cl)cc1. The van der Waals surface area contributed by atoms with Crippen molar-refractivity contribution in [2.75, 3.05) is 13.7 Å². The summed E-state index contributed by atoms with van der Waals surface area (Å²) in [5, 5.41) is 3.98. The standard InChI is InChI=1S/C33H30ClNO5/c1-5-9-21-16-22(17-26(38-4)32(21)40-18-20-12-14-23(34)15-13-20)28-27(33(37)39-6-2)19(3)35-30-24-10-7-8-11-25(24)31(36)29(28)30/h5,7-8,10-17,28,35H,1,6,9,18H2,2-4H3/t28-/m1/s1. The molecule has 0 unspecified atom stereocenters. The van der Waals surface area contributed by atoms with E-state index in [-0.39, 0.29) is 12.4 Å². The molecule has 0 spiro atoms. The summed E-state index contributed by atoms with van der Waals surface area (Å²) in [6, 6.07) is 18.7. The van der Waals surface area contributed by atoms with Crippen LogP contribution >= 0.6 is 11.6 Å². The number of rotatable bonds is 9. The van der Waals surface area contributed by atoms with E-state index in [1.54, 1.807) is 20.1 Å². The monoisotopic (exact) mass is 555 g/mol. The van der Waals surface area contributed by atoms with Crippen LogP contribution in [0.1, 0.15) is 52.4 Å².